The predicted octanol–water partition coefficient (Wildman–Crippen LogP) is 0.941. The highest BCUT2D eigenvalue weighted by atomic mass is 16.5. The standard InChI is InChI=1S/C17H19N5O4/c1-24-11-15(23)18-8-9-26-16-7-6-14-19-20-17(22(14)21-16)12-4-3-5-13(10-12)25-2/h3-7,10H,8-9,11H2,1-2H3,(H,18,23). The molecule has 26 heavy (non-hydrogen) atoms. The summed E-state index contributed by atoms with van der Waals surface area (Å²) in [7, 11) is 3.07. The number of carbonyl (C=O) groups excluding carboxylic acids is 1. The molecule has 1 aromatic carbocycles. The van der Waals surface area contributed by atoms with Gasteiger partial charge >= 0.3 is 0 Å². The molecule has 9 nitrogen and oxygen atoms in total. The Morgan fingerprint density at radius 2 is 2.08 bits per heavy atom. The number of rotatable bonds is 8. The van der Waals surface area contributed by atoms with Crippen LogP contribution in [0.5, 0.6) is 11.6 Å². The van der Waals surface area contributed by atoms with E-state index in [0.717, 1.165) is 11.3 Å². The van der Waals surface area contributed by atoms with E-state index in [9.17, 15) is 4.79 Å². The Bertz CT molecular complexity index is 896. The number of amides is 1. The molecular weight excluding hydrogens is 338 g/mol. The van der Waals surface area contributed by atoms with Gasteiger partial charge in [-0.25, -0.2) is 0 Å². The molecule has 9 heteroatoms. The van der Waals surface area contributed by atoms with Crippen molar-refractivity contribution in [1.29, 1.82) is 0 Å². The summed E-state index contributed by atoms with van der Waals surface area (Å²) in [5, 5.41) is 15.4. The summed E-state index contributed by atoms with van der Waals surface area (Å²) in [5.74, 6) is 1.51. The molecule has 0 saturated heterocycles. The fourth-order valence-electron chi connectivity index (χ4n) is 2.32. The number of hydrogen-bond donors (Lipinski definition) is 1. The minimum absolute atomic E-state index is 0.0226. The van der Waals surface area contributed by atoms with Crippen LogP contribution in [0.2, 0.25) is 0 Å². The highest BCUT2D eigenvalue weighted by Gasteiger charge is 2.11. The summed E-state index contributed by atoms with van der Waals surface area (Å²) >= 11 is 0. The van der Waals surface area contributed by atoms with E-state index in [-0.39, 0.29) is 19.1 Å². The first-order chi connectivity index (χ1) is 12.7. The second kappa shape index (κ2) is 8.26. The van der Waals surface area contributed by atoms with Crippen molar-refractivity contribution in [3.8, 4) is 23.0 Å². The molecule has 0 aliphatic rings. The maximum Gasteiger partial charge on any atom is 0.246 e. The first-order valence-corrected chi connectivity index (χ1v) is 7.96. The van der Waals surface area contributed by atoms with Crippen molar-refractivity contribution in [1.82, 2.24) is 25.1 Å². The number of aromatic nitrogens is 4. The fourth-order valence-corrected chi connectivity index (χ4v) is 2.32. The molecule has 3 rings (SSSR count). The number of nitrogens with one attached hydrogen (secondary N) is 1. The molecular formula is C17H19N5O4. The van der Waals surface area contributed by atoms with Gasteiger partial charge in [-0.3, -0.25) is 4.79 Å². The summed E-state index contributed by atoms with van der Waals surface area (Å²) in [6.45, 7) is 0.659. The molecule has 1 amide bonds. The van der Waals surface area contributed by atoms with Crippen molar-refractivity contribution < 1.29 is 19.0 Å². The monoisotopic (exact) mass is 357 g/mol. The SMILES string of the molecule is COCC(=O)NCCOc1ccc2nnc(-c3cccc(OC)c3)n2n1. The lowest BCUT2D eigenvalue weighted by atomic mass is 10.2. The number of ether oxygens (including phenoxy) is 3. The van der Waals surface area contributed by atoms with Gasteiger partial charge in [-0.05, 0) is 18.2 Å². The van der Waals surface area contributed by atoms with Crippen LogP contribution in [-0.4, -0.2) is 59.7 Å². The van der Waals surface area contributed by atoms with Crippen molar-refractivity contribution in [2.45, 2.75) is 0 Å². The maximum absolute atomic E-state index is 11.3. The van der Waals surface area contributed by atoms with Gasteiger partial charge in [0.25, 0.3) is 0 Å². The van der Waals surface area contributed by atoms with Gasteiger partial charge in [-0.2, -0.15) is 4.52 Å². The largest absolute Gasteiger partial charge is 0.497 e. The Morgan fingerprint density at radius 1 is 1.19 bits per heavy atom. The summed E-state index contributed by atoms with van der Waals surface area (Å²) in [6.07, 6.45) is 0. The molecule has 136 valence electrons. The normalized spacial score (nSPS) is 10.7. The van der Waals surface area contributed by atoms with Crippen molar-refractivity contribution in [3.05, 3.63) is 36.4 Å². The molecule has 0 bridgehead atoms. The Balaban J connectivity index is 1.72. The van der Waals surface area contributed by atoms with Crippen LogP contribution in [-0.2, 0) is 9.53 Å². The number of methoxy groups -OCH3 is 2. The third-order valence-corrected chi connectivity index (χ3v) is 3.52. The van der Waals surface area contributed by atoms with E-state index in [1.54, 1.807) is 23.8 Å². The predicted molar refractivity (Wildman–Crippen MR) is 93.2 cm³/mol. The molecule has 0 unspecified atom stereocenters. The van der Waals surface area contributed by atoms with Crippen LogP contribution in [0.3, 0.4) is 0 Å². The van der Waals surface area contributed by atoms with E-state index in [4.69, 9.17) is 14.2 Å². The first-order valence-electron chi connectivity index (χ1n) is 7.96. The van der Waals surface area contributed by atoms with Crippen LogP contribution in [0.4, 0.5) is 0 Å². The average molecular weight is 357 g/mol. The van der Waals surface area contributed by atoms with E-state index in [0.29, 0.717) is 23.9 Å². The highest BCUT2D eigenvalue weighted by Crippen LogP contribution is 2.23. The smallest absolute Gasteiger partial charge is 0.246 e. The van der Waals surface area contributed by atoms with Crippen LogP contribution < -0.4 is 14.8 Å². The van der Waals surface area contributed by atoms with Gasteiger partial charge in [-0.15, -0.1) is 15.3 Å². The van der Waals surface area contributed by atoms with E-state index in [2.05, 4.69) is 20.6 Å². The zero-order valence-electron chi connectivity index (χ0n) is 14.5. The van der Waals surface area contributed by atoms with Crippen LogP contribution in [0.15, 0.2) is 36.4 Å². The molecule has 2 aromatic heterocycles. The van der Waals surface area contributed by atoms with Gasteiger partial charge < -0.3 is 19.5 Å². The number of hydrogen-bond acceptors (Lipinski definition) is 7. The van der Waals surface area contributed by atoms with Crippen molar-refractivity contribution in [2.24, 2.45) is 0 Å². The maximum atomic E-state index is 11.3. The number of fused-ring (bicyclic) bond motifs is 1. The second-order valence-electron chi connectivity index (χ2n) is 5.33. The molecule has 0 radical (unpaired) electrons. The lowest BCUT2D eigenvalue weighted by Gasteiger charge is -2.07. The molecule has 2 heterocycles. The highest BCUT2D eigenvalue weighted by molar-refractivity contribution is 5.77. The van der Waals surface area contributed by atoms with Crippen LogP contribution in [0.25, 0.3) is 17.0 Å². The summed E-state index contributed by atoms with van der Waals surface area (Å²) in [4.78, 5) is 11.3. The lowest BCUT2D eigenvalue weighted by Crippen LogP contribution is -2.31. The van der Waals surface area contributed by atoms with Gasteiger partial charge in [-0.1, -0.05) is 12.1 Å². The van der Waals surface area contributed by atoms with Gasteiger partial charge in [0, 0.05) is 18.7 Å². The fraction of sp³-hybridized carbons (Fsp3) is 0.294. The summed E-state index contributed by atoms with van der Waals surface area (Å²) in [6, 6.07) is 11.0. The Labute approximate surface area is 149 Å². The minimum Gasteiger partial charge on any atom is -0.497 e. The number of benzene rings is 1. The summed E-state index contributed by atoms with van der Waals surface area (Å²) < 4.78 is 17.2. The molecule has 3 aromatic rings. The molecule has 0 fully saturated rings. The summed E-state index contributed by atoms with van der Waals surface area (Å²) in [5.41, 5.74) is 1.43. The third-order valence-electron chi connectivity index (χ3n) is 3.52. The molecule has 0 spiro atoms. The molecule has 0 aliphatic heterocycles. The Morgan fingerprint density at radius 3 is 2.88 bits per heavy atom. The van der Waals surface area contributed by atoms with E-state index < -0.39 is 0 Å². The zero-order valence-corrected chi connectivity index (χ0v) is 14.5. The molecule has 0 aliphatic carbocycles. The second-order valence-corrected chi connectivity index (χ2v) is 5.33. The minimum atomic E-state index is -0.196. The molecule has 1 N–H and O–H groups in total. The molecule has 0 saturated carbocycles. The van der Waals surface area contributed by atoms with Crippen molar-refractivity contribution in [3.63, 3.8) is 0 Å². The van der Waals surface area contributed by atoms with Gasteiger partial charge in [0.2, 0.25) is 11.8 Å². The van der Waals surface area contributed by atoms with E-state index >= 15 is 0 Å². The Kier molecular flexibility index (Phi) is 5.59. The van der Waals surface area contributed by atoms with Crippen molar-refractivity contribution in [2.75, 3.05) is 34.0 Å². The van der Waals surface area contributed by atoms with Gasteiger partial charge in [0.1, 0.15) is 19.0 Å². The van der Waals surface area contributed by atoms with E-state index in [1.807, 2.05) is 24.3 Å². The average Bonchev–Trinajstić information content (AvgIpc) is 3.09. The van der Waals surface area contributed by atoms with Gasteiger partial charge in [0.15, 0.2) is 11.5 Å². The first kappa shape index (κ1) is 17.6. The lowest BCUT2D eigenvalue weighted by molar-refractivity contribution is -0.124. The van der Waals surface area contributed by atoms with Crippen LogP contribution in [0, 0.1) is 0 Å². The van der Waals surface area contributed by atoms with Gasteiger partial charge in [0.05, 0.1) is 13.7 Å². The van der Waals surface area contributed by atoms with Crippen molar-refractivity contribution >= 4 is 11.6 Å². The topological polar surface area (TPSA) is 99.9 Å². The Hall–Kier alpha value is -3.20. The zero-order chi connectivity index (χ0) is 18.4. The quantitative estimate of drug-likeness (QED) is 0.599. The van der Waals surface area contributed by atoms with Crippen LogP contribution >= 0.6 is 0 Å². The van der Waals surface area contributed by atoms with Crippen LogP contribution in [0.1, 0.15) is 0 Å². The van der Waals surface area contributed by atoms with E-state index in [1.165, 1.54) is 7.11 Å². The number of carbonyl (C=O) groups is 1. The third kappa shape index (κ3) is 4.06. The molecule has 0 atom stereocenters. The number of nitrogens with zero attached hydrogens (tertiary/aromatic N) is 4.